The molecule has 43 heavy (non-hydrogen) atoms. The number of ether oxygens (including phenoxy) is 2. The molecule has 1 rings (SSSR count). The van der Waals surface area contributed by atoms with E-state index in [2.05, 4.69) is 25.0 Å². The summed E-state index contributed by atoms with van der Waals surface area (Å²) in [5.74, 6) is -1.82. The van der Waals surface area contributed by atoms with Gasteiger partial charge >= 0.3 is 12.1 Å². The number of carbonyl (C=O) groups is 5. The number of rotatable bonds is 14. The van der Waals surface area contributed by atoms with Crippen molar-refractivity contribution in [3.05, 3.63) is 0 Å². The fourth-order valence-electron chi connectivity index (χ4n) is 4.58. The highest BCUT2D eigenvalue weighted by Gasteiger charge is 2.44. The van der Waals surface area contributed by atoms with Crippen LogP contribution in [0.2, 0.25) is 25.7 Å². The Hall–Kier alpha value is -2.63. The summed E-state index contributed by atoms with van der Waals surface area (Å²) >= 11 is 0. The van der Waals surface area contributed by atoms with Crippen molar-refractivity contribution in [3.8, 4) is 0 Å². The SMILES string of the molecule is CC[C@H](C)[C@H](NC(=O)[C@H](CC(C)C)N(C)C(=O)OCC[Si](C)(C)C)C(=O)N(C)[C@@H](C)C(=O)N1CC[C@H]1C(=O)OC(C)(C)C. The van der Waals surface area contributed by atoms with Gasteiger partial charge < -0.3 is 24.6 Å². The third-order valence-electron chi connectivity index (χ3n) is 7.87. The van der Waals surface area contributed by atoms with Gasteiger partial charge in [0, 0.05) is 28.7 Å². The standard InChI is InChI=1S/C31H58N4O7Si/c1-14-21(4)25(32-26(36)24(19-20(2)3)34(10)30(40)41-17-18-43(11,12)13)28(38)33(9)22(5)27(37)35-16-15-23(35)29(39)42-31(6,7)8/h20-25H,14-19H2,1-13H3,(H,32,36)/t21-,22-,23-,24-,25-/m0/s1. The van der Waals surface area contributed by atoms with E-state index in [1.54, 1.807) is 34.7 Å². The number of hydrogen-bond donors (Lipinski definition) is 1. The largest absolute Gasteiger partial charge is 0.458 e. The number of amides is 4. The summed E-state index contributed by atoms with van der Waals surface area (Å²) in [6, 6.07) is -2.48. The average Bonchev–Trinajstić information content (AvgIpc) is 2.85. The molecule has 0 bridgehead atoms. The summed E-state index contributed by atoms with van der Waals surface area (Å²) in [6.07, 6.45) is 0.916. The van der Waals surface area contributed by atoms with E-state index in [4.69, 9.17) is 9.47 Å². The molecule has 11 nitrogen and oxygen atoms in total. The number of likely N-dealkylation sites (N-methyl/N-ethyl adjacent to an activating group) is 2. The molecule has 1 saturated heterocycles. The van der Waals surface area contributed by atoms with Gasteiger partial charge in [-0.3, -0.25) is 19.3 Å². The van der Waals surface area contributed by atoms with Crippen LogP contribution in [-0.2, 0) is 28.7 Å². The average molecular weight is 627 g/mol. The van der Waals surface area contributed by atoms with Crippen LogP contribution < -0.4 is 5.32 Å². The van der Waals surface area contributed by atoms with Gasteiger partial charge in [0.2, 0.25) is 17.7 Å². The lowest BCUT2D eigenvalue weighted by molar-refractivity contribution is -0.172. The van der Waals surface area contributed by atoms with Crippen LogP contribution in [0.15, 0.2) is 0 Å². The van der Waals surface area contributed by atoms with E-state index >= 15 is 0 Å². The summed E-state index contributed by atoms with van der Waals surface area (Å²) < 4.78 is 11.0. The minimum Gasteiger partial charge on any atom is -0.458 e. The van der Waals surface area contributed by atoms with Gasteiger partial charge in [-0.15, -0.1) is 0 Å². The molecule has 1 fully saturated rings. The van der Waals surface area contributed by atoms with Crippen molar-refractivity contribution >= 4 is 37.9 Å². The number of nitrogens with zero attached hydrogens (tertiary/aromatic N) is 3. The molecule has 1 heterocycles. The lowest BCUT2D eigenvalue weighted by Gasteiger charge is -2.43. The zero-order valence-electron chi connectivity index (χ0n) is 28.9. The number of likely N-dealkylation sites (tertiary alicyclic amines) is 1. The van der Waals surface area contributed by atoms with Crippen molar-refractivity contribution in [1.82, 2.24) is 20.0 Å². The normalized spacial score (nSPS) is 18.1. The van der Waals surface area contributed by atoms with E-state index < -0.39 is 61.7 Å². The van der Waals surface area contributed by atoms with Crippen LogP contribution in [0.5, 0.6) is 0 Å². The van der Waals surface area contributed by atoms with Gasteiger partial charge in [0.1, 0.15) is 29.8 Å². The maximum absolute atomic E-state index is 13.8. The second-order valence-corrected chi connectivity index (χ2v) is 20.2. The molecule has 0 spiro atoms. The molecule has 1 aliphatic rings. The van der Waals surface area contributed by atoms with Crippen LogP contribution in [0.1, 0.15) is 74.7 Å². The third-order valence-corrected chi connectivity index (χ3v) is 9.58. The summed E-state index contributed by atoms with van der Waals surface area (Å²) in [4.78, 5) is 70.4. The molecule has 0 aromatic carbocycles. The molecule has 1 N–H and O–H groups in total. The monoisotopic (exact) mass is 626 g/mol. The molecule has 0 unspecified atom stereocenters. The first-order chi connectivity index (χ1) is 19.6. The van der Waals surface area contributed by atoms with E-state index in [1.807, 2.05) is 27.7 Å². The van der Waals surface area contributed by atoms with Gasteiger partial charge in [-0.05, 0) is 58.4 Å². The molecule has 4 amide bonds. The van der Waals surface area contributed by atoms with E-state index in [0.717, 1.165) is 6.04 Å². The highest BCUT2D eigenvalue weighted by atomic mass is 28.3. The van der Waals surface area contributed by atoms with Crippen LogP contribution in [0.3, 0.4) is 0 Å². The van der Waals surface area contributed by atoms with E-state index in [1.165, 1.54) is 21.7 Å². The van der Waals surface area contributed by atoms with Crippen molar-refractivity contribution in [2.24, 2.45) is 11.8 Å². The summed E-state index contributed by atoms with van der Waals surface area (Å²) in [6.45, 7) is 21.9. The zero-order valence-corrected chi connectivity index (χ0v) is 29.9. The first-order valence-corrected chi connectivity index (χ1v) is 19.3. The molecule has 1 aliphatic heterocycles. The first kappa shape index (κ1) is 38.4. The molecule has 0 aliphatic carbocycles. The quantitative estimate of drug-likeness (QED) is 0.227. The predicted molar refractivity (Wildman–Crippen MR) is 170 cm³/mol. The molecule has 0 saturated carbocycles. The van der Waals surface area contributed by atoms with Crippen LogP contribution >= 0.6 is 0 Å². The van der Waals surface area contributed by atoms with E-state index in [-0.39, 0.29) is 17.7 Å². The zero-order chi connectivity index (χ0) is 33.4. The molecule has 0 aromatic heterocycles. The van der Waals surface area contributed by atoms with Crippen LogP contribution in [0.25, 0.3) is 0 Å². The number of hydrogen-bond acceptors (Lipinski definition) is 7. The number of carbonyl (C=O) groups excluding carboxylic acids is 5. The Bertz CT molecular complexity index is 992. The molecule has 248 valence electrons. The van der Waals surface area contributed by atoms with Crippen molar-refractivity contribution in [3.63, 3.8) is 0 Å². The van der Waals surface area contributed by atoms with Gasteiger partial charge in [0.25, 0.3) is 0 Å². The molecule has 5 atom stereocenters. The summed E-state index contributed by atoms with van der Waals surface area (Å²) in [7, 11) is 1.67. The van der Waals surface area contributed by atoms with E-state index in [9.17, 15) is 24.0 Å². The fourth-order valence-corrected chi connectivity index (χ4v) is 5.29. The summed E-state index contributed by atoms with van der Waals surface area (Å²) in [5, 5.41) is 2.90. The fraction of sp³-hybridized carbons (Fsp3) is 0.839. The minimum atomic E-state index is -1.41. The van der Waals surface area contributed by atoms with Crippen molar-refractivity contribution < 1.29 is 33.4 Å². The number of esters is 1. The molecular weight excluding hydrogens is 568 g/mol. The third kappa shape index (κ3) is 11.8. The topological polar surface area (TPSA) is 126 Å². The Kier molecular flexibility index (Phi) is 14.2. The maximum atomic E-state index is 13.8. The van der Waals surface area contributed by atoms with Crippen molar-refractivity contribution in [2.75, 3.05) is 27.2 Å². The molecule has 12 heteroatoms. The molecular formula is C31H58N4O7Si. The predicted octanol–water partition coefficient (Wildman–Crippen LogP) is 4.13. The van der Waals surface area contributed by atoms with Gasteiger partial charge in [-0.1, -0.05) is 53.8 Å². The van der Waals surface area contributed by atoms with Gasteiger partial charge in [-0.25, -0.2) is 9.59 Å². The Balaban J connectivity index is 3.06. The lowest BCUT2D eigenvalue weighted by atomic mass is 9.95. The Morgan fingerprint density at radius 2 is 1.58 bits per heavy atom. The highest BCUT2D eigenvalue weighted by molar-refractivity contribution is 6.76. The number of nitrogens with one attached hydrogen (secondary N) is 1. The first-order valence-electron chi connectivity index (χ1n) is 15.6. The Morgan fingerprint density at radius 1 is 1.00 bits per heavy atom. The van der Waals surface area contributed by atoms with Gasteiger partial charge in [0.15, 0.2) is 0 Å². The molecule has 0 radical (unpaired) electrons. The second kappa shape index (κ2) is 15.9. The van der Waals surface area contributed by atoms with Gasteiger partial charge in [0.05, 0.1) is 6.61 Å². The summed E-state index contributed by atoms with van der Waals surface area (Å²) in [5.41, 5.74) is -0.673. The smallest absolute Gasteiger partial charge is 0.410 e. The van der Waals surface area contributed by atoms with Crippen LogP contribution in [-0.4, -0.2) is 110 Å². The molecule has 0 aromatic rings. The Labute approximate surface area is 260 Å². The van der Waals surface area contributed by atoms with Gasteiger partial charge in [-0.2, -0.15) is 0 Å². The highest BCUT2D eigenvalue weighted by Crippen LogP contribution is 2.24. The maximum Gasteiger partial charge on any atom is 0.410 e. The van der Waals surface area contributed by atoms with E-state index in [0.29, 0.717) is 32.4 Å². The van der Waals surface area contributed by atoms with Crippen molar-refractivity contribution in [1.29, 1.82) is 0 Å². The second-order valence-electron chi connectivity index (χ2n) is 14.5. The Morgan fingerprint density at radius 3 is 2.02 bits per heavy atom. The lowest BCUT2D eigenvalue weighted by Crippen LogP contribution is -2.62. The van der Waals surface area contributed by atoms with Crippen LogP contribution in [0, 0.1) is 11.8 Å². The minimum absolute atomic E-state index is 0.0977. The van der Waals surface area contributed by atoms with Crippen molar-refractivity contribution in [2.45, 2.75) is 130 Å². The van der Waals surface area contributed by atoms with Crippen LogP contribution in [0.4, 0.5) is 4.79 Å².